The Morgan fingerprint density at radius 2 is 1.82 bits per heavy atom. The smallest absolute Gasteiger partial charge is 0.231 e. The quantitative estimate of drug-likeness (QED) is 0.659. The molecule has 3 atom stereocenters. The van der Waals surface area contributed by atoms with Gasteiger partial charge in [-0.25, -0.2) is 5.43 Å². The van der Waals surface area contributed by atoms with Gasteiger partial charge in [0.15, 0.2) is 23.0 Å². The van der Waals surface area contributed by atoms with Crippen LogP contribution in [0.25, 0.3) is 0 Å². The highest BCUT2D eigenvalue weighted by atomic mass is 16.7. The molecule has 0 amide bonds. The molecule has 0 bridgehead atoms. The van der Waals surface area contributed by atoms with Gasteiger partial charge in [-0.15, -0.1) is 0 Å². The summed E-state index contributed by atoms with van der Waals surface area (Å²) in [5.41, 5.74) is 7.88. The minimum absolute atomic E-state index is 0.0897. The number of nitrogens with one attached hydrogen (secondary N) is 3. The maximum Gasteiger partial charge on any atom is 0.231 e. The van der Waals surface area contributed by atoms with Gasteiger partial charge < -0.3 is 24.3 Å². The number of ether oxygens (including phenoxy) is 4. The zero-order valence-corrected chi connectivity index (χ0v) is 15.6. The van der Waals surface area contributed by atoms with Crippen LogP contribution in [-0.4, -0.2) is 39.1 Å². The summed E-state index contributed by atoms with van der Waals surface area (Å²) in [5.74, 6) is 3.77. The van der Waals surface area contributed by atoms with Crippen molar-refractivity contribution in [2.75, 3.05) is 33.0 Å². The molecule has 3 aliphatic heterocycles. The van der Waals surface area contributed by atoms with Crippen molar-refractivity contribution in [1.82, 2.24) is 16.2 Å². The maximum atomic E-state index is 6.02. The summed E-state index contributed by atoms with van der Waals surface area (Å²) in [7, 11) is 0. The summed E-state index contributed by atoms with van der Waals surface area (Å²) >= 11 is 0. The van der Waals surface area contributed by atoms with Crippen molar-refractivity contribution >= 4 is 0 Å². The molecular formula is C21H25N3O4. The highest BCUT2D eigenvalue weighted by Crippen LogP contribution is 2.36. The van der Waals surface area contributed by atoms with Gasteiger partial charge in [0, 0.05) is 25.4 Å². The van der Waals surface area contributed by atoms with Gasteiger partial charge in [0.1, 0.15) is 12.7 Å². The average molecular weight is 383 g/mol. The first-order valence-corrected chi connectivity index (χ1v) is 9.84. The second-order valence-corrected chi connectivity index (χ2v) is 7.37. The summed E-state index contributed by atoms with van der Waals surface area (Å²) in [6.45, 7) is 3.63. The zero-order valence-electron chi connectivity index (χ0n) is 15.6. The fraction of sp³-hybridized carbons (Fsp3) is 0.429. The van der Waals surface area contributed by atoms with E-state index in [4.69, 9.17) is 18.9 Å². The normalized spacial score (nSPS) is 25.1. The summed E-state index contributed by atoms with van der Waals surface area (Å²) in [6, 6.07) is 14.2. The van der Waals surface area contributed by atoms with E-state index in [-0.39, 0.29) is 12.1 Å². The van der Waals surface area contributed by atoms with Crippen LogP contribution in [0.3, 0.4) is 0 Å². The van der Waals surface area contributed by atoms with Crippen LogP contribution in [0.2, 0.25) is 0 Å². The highest BCUT2D eigenvalue weighted by Gasteiger charge is 2.29. The van der Waals surface area contributed by atoms with Crippen molar-refractivity contribution in [3.8, 4) is 23.0 Å². The number of para-hydroxylation sites is 2. The Bertz CT molecular complexity index is 831. The number of benzene rings is 2. The standard InChI is InChI=1S/C21H25N3O4/c1-2-4-19-17(3-1)25-12-16(28-19)7-8-22-10-15-11-23-24-21(15)14-5-6-18-20(9-14)27-13-26-18/h1-6,9,15-16,21-24H,7-8,10-13H2. The maximum absolute atomic E-state index is 6.02. The number of hydrogen-bond donors (Lipinski definition) is 3. The molecular weight excluding hydrogens is 358 g/mol. The largest absolute Gasteiger partial charge is 0.486 e. The Morgan fingerprint density at radius 1 is 0.964 bits per heavy atom. The van der Waals surface area contributed by atoms with E-state index >= 15 is 0 Å². The van der Waals surface area contributed by atoms with Gasteiger partial charge >= 0.3 is 0 Å². The Labute approximate surface area is 164 Å². The molecule has 3 aliphatic rings. The first kappa shape index (κ1) is 17.6. The first-order chi connectivity index (χ1) is 13.9. The van der Waals surface area contributed by atoms with Crippen molar-refractivity contribution in [1.29, 1.82) is 0 Å². The van der Waals surface area contributed by atoms with Crippen LogP contribution in [0.5, 0.6) is 23.0 Å². The molecule has 2 aromatic rings. The van der Waals surface area contributed by atoms with E-state index in [1.54, 1.807) is 0 Å². The van der Waals surface area contributed by atoms with E-state index in [9.17, 15) is 0 Å². The van der Waals surface area contributed by atoms with Crippen LogP contribution in [0.1, 0.15) is 18.0 Å². The fourth-order valence-electron chi connectivity index (χ4n) is 3.94. The van der Waals surface area contributed by atoms with Crippen LogP contribution in [-0.2, 0) is 0 Å². The lowest BCUT2D eigenvalue weighted by molar-refractivity contribution is 0.0847. The predicted octanol–water partition coefficient (Wildman–Crippen LogP) is 2.00. The van der Waals surface area contributed by atoms with Crippen molar-refractivity contribution < 1.29 is 18.9 Å². The van der Waals surface area contributed by atoms with E-state index in [0.29, 0.717) is 19.3 Å². The van der Waals surface area contributed by atoms with Crippen LogP contribution in [0.15, 0.2) is 42.5 Å². The van der Waals surface area contributed by atoms with Gasteiger partial charge in [-0.1, -0.05) is 18.2 Å². The zero-order chi connectivity index (χ0) is 18.8. The lowest BCUT2D eigenvalue weighted by atomic mass is 9.94. The molecule has 1 saturated heterocycles. The molecule has 2 aromatic carbocycles. The Balaban J connectivity index is 1.11. The molecule has 7 nitrogen and oxygen atoms in total. The predicted molar refractivity (Wildman–Crippen MR) is 104 cm³/mol. The Morgan fingerprint density at radius 3 is 2.79 bits per heavy atom. The second kappa shape index (κ2) is 7.87. The molecule has 148 valence electrons. The topological polar surface area (TPSA) is 73.0 Å². The third kappa shape index (κ3) is 3.61. The van der Waals surface area contributed by atoms with Gasteiger partial charge in [-0.3, -0.25) is 5.43 Å². The van der Waals surface area contributed by atoms with Crippen molar-refractivity contribution in [3.63, 3.8) is 0 Å². The molecule has 7 heteroatoms. The minimum atomic E-state index is 0.0897. The van der Waals surface area contributed by atoms with Crippen LogP contribution in [0, 0.1) is 5.92 Å². The molecule has 3 N–H and O–H groups in total. The van der Waals surface area contributed by atoms with E-state index < -0.39 is 0 Å². The molecule has 0 saturated carbocycles. The summed E-state index contributed by atoms with van der Waals surface area (Å²) in [6.07, 6.45) is 1.00. The van der Waals surface area contributed by atoms with Crippen LogP contribution in [0.4, 0.5) is 0 Å². The van der Waals surface area contributed by atoms with Gasteiger partial charge in [0.2, 0.25) is 6.79 Å². The highest BCUT2D eigenvalue weighted by molar-refractivity contribution is 5.45. The van der Waals surface area contributed by atoms with E-state index in [1.165, 1.54) is 5.56 Å². The summed E-state index contributed by atoms with van der Waals surface area (Å²) in [4.78, 5) is 0. The molecule has 5 rings (SSSR count). The Kier molecular flexibility index (Phi) is 4.95. The lowest BCUT2D eigenvalue weighted by Crippen LogP contribution is -2.34. The second-order valence-electron chi connectivity index (χ2n) is 7.37. The van der Waals surface area contributed by atoms with E-state index in [2.05, 4.69) is 28.3 Å². The SMILES string of the molecule is c1ccc2c(c1)OCC(CCNCC1CNNC1c1ccc3c(c1)OCO3)O2. The number of hydrazine groups is 1. The van der Waals surface area contributed by atoms with Crippen molar-refractivity contribution in [2.45, 2.75) is 18.6 Å². The third-order valence-electron chi connectivity index (χ3n) is 5.47. The van der Waals surface area contributed by atoms with Crippen LogP contribution >= 0.6 is 0 Å². The van der Waals surface area contributed by atoms with Gasteiger partial charge in [0.05, 0.1) is 6.04 Å². The molecule has 0 spiro atoms. The fourth-order valence-corrected chi connectivity index (χ4v) is 3.94. The van der Waals surface area contributed by atoms with Gasteiger partial charge in [-0.05, 0) is 36.4 Å². The summed E-state index contributed by atoms with van der Waals surface area (Å²) in [5, 5.41) is 3.58. The first-order valence-electron chi connectivity index (χ1n) is 9.84. The molecule has 0 aliphatic carbocycles. The molecule has 0 aromatic heterocycles. The molecule has 0 radical (unpaired) electrons. The van der Waals surface area contributed by atoms with Crippen molar-refractivity contribution in [2.24, 2.45) is 5.92 Å². The summed E-state index contributed by atoms with van der Waals surface area (Å²) < 4.78 is 22.7. The van der Waals surface area contributed by atoms with E-state index in [0.717, 1.165) is 49.1 Å². The number of hydrogen-bond acceptors (Lipinski definition) is 7. The molecule has 3 unspecified atom stereocenters. The van der Waals surface area contributed by atoms with Gasteiger partial charge in [0.25, 0.3) is 0 Å². The third-order valence-corrected chi connectivity index (χ3v) is 5.47. The Hall–Kier alpha value is -2.48. The van der Waals surface area contributed by atoms with Gasteiger partial charge in [-0.2, -0.15) is 0 Å². The monoisotopic (exact) mass is 383 g/mol. The number of fused-ring (bicyclic) bond motifs is 2. The van der Waals surface area contributed by atoms with Crippen LogP contribution < -0.4 is 35.1 Å². The minimum Gasteiger partial charge on any atom is -0.486 e. The average Bonchev–Trinajstić information content (AvgIpc) is 3.39. The van der Waals surface area contributed by atoms with E-state index in [1.807, 2.05) is 30.3 Å². The molecule has 3 heterocycles. The lowest BCUT2D eigenvalue weighted by Gasteiger charge is -2.26. The molecule has 28 heavy (non-hydrogen) atoms. The number of rotatable bonds is 6. The molecule has 1 fully saturated rings. The van der Waals surface area contributed by atoms with Crippen molar-refractivity contribution in [3.05, 3.63) is 48.0 Å².